The fraction of sp³-hybridized carbons (Fsp3) is 0.938. The molecule has 1 saturated carbocycles. The van der Waals surface area contributed by atoms with Crippen LogP contribution >= 0.6 is 0 Å². The molecule has 1 aliphatic heterocycles. The predicted octanol–water partition coefficient (Wildman–Crippen LogP) is 2.92. The molecule has 19 heavy (non-hydrogen) atoms. The first-order valence-corrected chi connectivity index (χ1v) is 7.90. The van der Waals surface area contributed by atoms with Gasteiger partial charge in [0.15, 0.2) is 0 Å². The Morgan fingerprint density at radius 3 is 2.47 bits per heavy atom. The number of nitrogens with one attached hydrogen (secondary N) is 1. The van der Waals surface area contributed by atoms with Crippen molar-refractivity contribution >= 4 is 0 Å². The summed E-state index contributed by atoms with van der Waals surface area (Å²) < 4.78 is 0. The zero-order valence-corrected chi connectivity index (χ0v) is 12.8. The number of nitriles is 1. The van der Waals surface area contributed by atoms with Gasteiger partial charge in [0.2, 0.25) is 0 Å². The molecule has 2 fully saturated rings. The molecule has 1 atom stereocenters. The molecule has 0 amide bonds. The fourth-order valence-corrected chi connectivity index (χ4v) is 2.89. The van der Waals surface area contributed by atoms with E-state index in [0.717, 1.165) is 13.0 Å². The highest BCUT2D eigenvalue weighted by Crippen LogP contribution is 2.34. The number of hydrogen-bond donors (Lipinski definition) is 1. The van der Waals surface area contributed by atoms with Crippen molar-refractivity contribution in [1.82, 2.24) is 10.2 Å². The summed E-state index contributed by atoms with van der Waals surface area (Å²) in [5.41, 5.74) is 0.230. The van der Waals surface area contributed by atoms with Gasteiger partial charge >= 0.3 is 0 Å². The van der Waals surface area contributed by atoms with Crippen molar-refractivity contribution in [3.63, 3.8) is 0 Å². The molecule has 1 saturated heterocycles. The van der Waals surface area contributed by atoms with Gasteiger partial charge in [0.1, 0.15) is 5.54 Å². The van der Waals surface area contributed by atoms with Crippen LogP contribution < -0.4 is 5.32 Å². The maximum atomic E-state index is 9.38. The van der Waals surface area contributed by atoms with E-state index >= 15 is 0 Å². The summed E-state index contributed by atoms with van der Waals surface area (Å²) in [5, 5.41) is 12.9. The Bertz CT molecular complexity index is 334. The summed E-state index contributed by atoms with van der Waals surface area (Å²) in [6, 6.07) is 3.08. The molecule has 0 aromatic carbocycles. The van der Waals surface area contributed by atoms with E-state index in [9.17, 15) is 5.26 Å². The Balaban J connectivity index is 1.74. The van der Waals surface area contributed by atoms with Crippen molar-refractivity contribution in [2.24, 2.45) is 5.41 Å². The number of hydrogen-bond acceptors (Lipinski definition) is 3. The lowest BCUT2D eigenvalue weighted by Gasteiger charge is -2.39. The van der Waals surface area contributed by atoms with Gasteiger partial charge in [-0.15, -0.1) is 0 Å². The first-order valence-electron chi connectivity index (χ1n) is 7.90. The molecule has 1 N–H and O–H groups in total. The van der Waals surface area contributed by atoms with Crippen molar-refractivity contribution in [3.05, 3.63) is 0 Å². The Hall–Kier alpha value is -0.590. The van der Waals surface area contributed by atoms with Gasteiger partial charge in [-0.05, 0) is 57.5 Å². The van der Waals surface area contributed by atoms with Crippen LogP contribution in [0, 0.1) is 16.7 Å². The zero-order valence-electron chi connectivity index (χ0n) is 12.8. The number of rotatable bonds is 6. The smallest absolute Gasteiger partial charge is 0.105 e. The average molecular weight is 263 g/mol. The van der Waals surface area contributed by atoms with Crippen LogP contribution in [0.1, 0.15) is 59.3 Å². The van der Waals surface area contributed by atoms with Gasteiger partial charge in [-0.2, -0.15) is 5.26 Å². The minimum absolute atomic E-state index is 0.327. The molecule has 2 rings (SSSR count). The molecular formula is C16H29N3. The Morgan fingerprint density at radius 1 is 1.37 bits per heavy atom. The summed E-state index contributed by atoms with van der Waals surface area (Å²) in [5.74, 6) is 0. The standard InChI is InChI=1S/C16H29N3/c1-4-15(2)7-10-19(11-8-15)12-9-16(3,13-17)18-14-5-6-14/h14,18H,4-12H2,1-3H3. The topological polar surface area (TPSA) is 39.1 Å². The normalized spacial score (nSPS) is 26.6. The highest BCUT2D eigenvalue weighted by Gasteiger charge is 2.34. The summed E-state index contributed by atoms with van der Waals surface area (Å²) in [6.45, 7) is 10.2. The van der Waals surface area contributed by atoms with Crippen LogP contribution in [0.4, 0.5) is 0 Å². The molecule has 3 nitrogen and oxygen atoms in total. The minimum Gasteiger partial charge on any atom is -0.303 e. The quantitative estimate of drug-likeness (QED) is 0.801. The van der Waals surface area contributed by atoms with Crippen LogP contribution in [0.25, 0.3) is 0 Å². The van der Waals surface area contributed by atoms with Crippen molar-refractivity contribution in [2.45, 2.75) is 70.9 Å². The average Bonchev–Trinajstić information content (AvgIpc) is 3.22. The molecule has 0 radical (unpaired) electrons. The van der Waals surface area contributed by atoms with Crippen LogP contribution in [0.5, 0.6) is 0 Å². The summed E-state index contributed by atoms with van der Waals surface area (Å²) >= 11 is 0. The monoisotopic (exact) mass is 263 g/mol. The molecule has 0 aromatic rings. The Kier molecular flexibility index (Phi) is 4.53. The van der Waals surface area contributed by atoms with Crippen molar-refractivity contribution in [2.75, 3.05) is 19.6 Å². The molecule has 108 valence electrons. The minimum atomic E-state index is -0.327. The van der Waals surface area contributed by atoms with Gasteiger partial charge in [-0.25, -0.2) is 0 Å². The molecule has 1 heterocycles. The summed E-state index contributed by atoms with van der Waals surface area (Å²) in [7, 11) is 0. The van der Waals surface area contributed by atoms with Crippen molar-refractivity contribution < 1.29 is 0 Å². The third-order valence-electron chi connectivity index (χ3n) is 5.19. The first kappa shape index (κ1) is 14.8. The van der Waals surface area contributed by atoms with E-state index in [1.54, 1.807) is 0 Å². The van der Waals surface area contributed by atoms with Crippen LogP contribution in [0.3, 0.4) is 0 Å². The van der Waals surface area contributed by atoms with Crippen LogP contribution in [-0.2, 0) is 0 Å². The largest absolute Gasteiger partial charge is 0.303 e. The zero-order chi connectivity index (χ0) is 13.9. The van der Waals surface area contributed by atoms with Gasteiger partial charge in [0.05, 0.1) is 6.07 Å². The number of likely N-dealkylation sites (tertiary alicyclic amines) is 1. The second kappa shape index (κ2) is 5.81. The van der Waals surface area contributed by atoms with Gasteiger partial charge in [-0.3, -0.25) is 5.32 Å². The van der Waals surface area contributed by atoms with Crippen LogP contribution in [0.15, 0.2) is 0 Å². The number of nitrogens with zero attached hydrogens (tertiary/aromatic N) is 2. The highest BCUT2D eigenvalue weighted by molar-refractivity contribution is 5.07. The molecular weight excluding hydrogens is 234 g/mol. The third-order valence-corrected chi connectivity index (χ3v) is 5.19. The van der Waals surface area contributed by atoms with Crippen molar-refractivity contribution in [1.29, 1.82) is 5.26 Å². The second-order valence-corrected chi connectivity index (χ2v) is 7.12. The fourth-order valence-electron chi connectivity index (χ4n) is 2.89. The van der Waals surface area contributed by atoms with E-state index < -0.39 is 0 Å². The third kappa shape index (κ3) is 4.19. The lowest BCUT2D eigenvalue weighted by molar-refractivity contribution is 0.109. The number of piperidine rings is 1. The molecule has 0 aromatic heterocycles. The summed E-state index contributed by atoms with van der Waals surface area (Å²) in [4.78, 5) is 2.54. The van der Waals surface area contributed by atoms with E-state index in [-0.39, 0.29) is 5.54 Å². The predicted molar refractivity (Wildman–Crippen MR) is 78.9 cm³/mol. The van der Waals surface area contributed by atoms with E-state index in [4.69, 9.17) is 0 Å². The van der Waals surface area contributed by atoms with Gasteiger partial charge in [0.25, 0.3) is 0 Å². The molecule has 1 aliphatic carbocycles. The molecule has 0 spiro atoms. The van der Waals surface area contributed by atoms with Gasteiger partial charge < -0.3 is 4.90 Å². The van der Waals surface area contributed by atoms with Gasteiger partial charge in [-0.1, -0.05) is 20.3 Å². The Labute approximate surface area is 118 Å². The maximum Gasteiger partial charge on any atom is 0.105 e. The lowest BCUT2D eigenvalue weighted by Crippen LogP contribution is -2.46. The second-order valence-electron chi connectivity index (χ2n) is 7.12. The Morgan fingerprint density at radius 2 is 2.00 bits per heavy atom. The maximum absolute atomic E-state index is 9.38. The molecule has 3 heteroatoms. The van der Waals surface area contributed by atoms with Crippen molar-refractivity contribution in [3.8, 4) is 6.07 Å². The van der Waals surface area contributed by atoms with Crippen LogP contribution in [0.2, 0.25) is 0 Å². The van der Waals surface area contributed by atoms with E-state index in [1.807, 2.05) is 0 Å². The van der Waals surface area contributed by atoms with Crippen LogP contribution in [-0.4, -0.2) is 36.1 Å². The van der Waals surface area contributed by atoms with E-state index in [1.165, 1.54) is 45.2 Å². The summed E-state index contributed by atoms with van der Waals surface area (Å²) in [6.07, 6.45) is 7.35. The molecule has 1 unspecified atom stereocenters. The lowest BCUT2D eigenvalue weighted by atomic mass is 9.78. The molecule has 2 aliphatic rings. The van der Waals surface area contributed by atoms with Gasteiger partial charge in [0, 0.05) is 12.6 Å². The molecule has 0 bridgehead atoms. The van der Waals surface area contributed by atoms with E-state index in [2.05, 4.69) is 37.1 Å². The first-order chi connectivity index (χ1) is 8.99. The highest BCUT2D eigenvalue weighted by atomic mass is 15.1. The SMILES string of the molecule is CCC1(C)CCN(CCC(C)(C#N)NC2CC2)CC1. The van der Waals surface area contributed by atoms with E-state index in [0.29, 0.717) is 11.5 Å².